The molecule has 0 atom stereocenters. The fourth-order valence-corrected chi connectivity index (χ4v) is 2.91. The fraction of sp³-hybridized carbons (Fsp3) is 0.353. The van der Waals surface area contributed by atoms with Gasteiger partial charge in [0.1, 0.15) is 18.9 Å². The predicted molar refractivity (Wildman–Crippen MR) is 85.6 cm³/mol. The van der Waals surface area contributed by atoms with E-state index in [4.69, 9.17) is 9.52 Å². The third-order valence-electron chi connectivity index (χ3n) is 4.20. The highest BCUT2D eigenvalue weighted by atomic mass is 16.4. The van der Waals surface area contributed by atoms with Gasteiger partial charge in [0, 0.05) is 11.8 Å². The van der Waals surface area contributed by atoms with Crippen LogP contribution in [0.3, 0.4) is 0 Å². The van der Waals surface area contributed by atoms with Crippen LogP contribution in [-0.2, 0) is 13.2 Å². The van der Waals surface area contributed by atoms with Crippen LogP contribution in [0.1, 0.15) is 11.5 Å². The highest BCUT2D eigenvalue weighted by molar-refractivity contribution is 5.46. The molecule has 1 aromatic heterocycles. The van der Waals surface area contributed by atoms with Crippen LogP contribution >= 0.6 is 0 Å². The van der Waals surface area contributed by atoms with E-state index in [1.165, 1.54) is 10.6 Å². The lowest BCUT2D eigenvalue weighted by Gasteiger charge is -2.33. The Bertz CT molecular complexity index is 706. The quantitative estimate of drug-likeness (QED) is 0.724. The zero-order valence-electron chi connectivity index (χ0n) is 12.9. The molecule has 0 radical (unpaired) electrons. The summed E-state index contributed by atoms with van der Waals surface area (Å²) in [5, 5.41) is 19.0. The van der Waals surface area contributed by atoms with Crippen molar-refractivity contribution in [2.45, 2.75) is 13.2 Å². The Kier molecular flexibility index (Phi) is 4.64. The molecule has 1 aromatic carbocycles. The van der Waals surface area contributed by atoms with Crippen molar-refractivity contribution in [1.82, 2.24) is 0 Å². The van der Waals surface area contributed by atoms with E-state index < -0.39 is 5.43 Å². The summed E-state index contributed by atoms with van der Waals surface area (Å²) in [6, 6.07) is 11.4. The number of benzene rings is 1. The molecule has 0 bridgehead atoms. The summed E-state index contributed by atoms with van der Waals surface area (Å²) in [5.74, 6) is 0.0926. The molecule has 1 aliphatic heterocycles. The van der Waals surface area contributed by atoms with Gasteiger partial charge in [-0.05, 0) is 12.1 Å². The minimum atomic E-state index is -0.502. The molecule has 0 saturated carbocycles. The second-order valence-electron chi connectivity index (χ2n) is 5.76. The molecule has 2 aromatic rings. The lowest BCUT2D eigenvalue weighted by molar-refractivity contribution is -0.915. The summed E-state index contributed by atoms with van der Waals surface area (Å²) >= 11 is 0. The number of rotatable bonds is 4. The minimum Gasteiger partial charge on any atom is -0.502 e. The zero-order valence-corrected chi connectivity index (χ0v) is 12.9. The topological polar surface area (TPSA) is 78.3 Å². The van der Waals surface area contributed by atoms with Crippen LogP contribution in [0.25, 0.3) is 0 Å². The largest absolute Gasteiger partial charge is 0.502 e. The molecule has 6 nitrogen and oxygen atoms in total. The van der Waals surface area contributed by atoms with E-state index in [-0.39, 0.29) is 23.9 Å². The van der Waals surface area contributed by atoms with Crippen molar-refractivity contribution in [2.75, 3.05) is 31.1 Å². The molecule has 0 amide bonds. The molecular formula is C17H21N2O4+. The second-order valence-corrected chi connectivity index (χ2v) is 5.76. The molecule has 1 saturated heterocycles. The van der Waals surface area contributed by atoms with Crippen LogP contribution in [0.5, 0.6) is 5.75 Å². The maximum absolute atomic E-state index is 11.7. The fourth-order valence-electron chi connectivity index (χ4n) is 2.91. The van der Waals surface area contributed by atoms with Crippen molar-refractivity contribution in [3.05, 3.63) is 58.1 Å². The van der Waals surface area contributed by atoms with E-state index >= 15 is 0 Å². The van der Waals surface area contributed by atoms with Gasteiger partial charge in [-0.2, -0.15) is 0 Å². The van der Waals surface area contributed by atoms with Crippen LogP contribution in [0.4, 0.5) is 5.69 Å². The number of hydrogen-bond donors (Lipinski definition) is 3. The lowest BCUT2D eigenvalue weighted by Crippen LogP contribution is -3.13. The zero-order chi connectivity index (χ0) is 16.2. The summed E-state index contributed by atoms with van der Waals surface area (Å²) in [5.41, 5.74) is 0.709. The van der Waals surface area contributed by atoms with Gasteiger partial charge in [-0.3, -0.25) is 4.79 Å². The Morgan fingerprint density at radius 3 is 2.52 bits per heavy atom. The number of nitrogens with one attached hydrogen (secondary N) is 1. The Hall–Kier alpha value is -2.31. The maximum Gasteiger partial charge on any atom is 0.227 e. The Balaban J connectivity index is 1.65. The summed E-state index contributed by atoms with van der Waals surface area (Å²) in [6.45, 7) is 3.69. The average Bonchev–Trinajstić information content (AvgIpc) is 2.60. The first-order valence-electron chi connectivity index (χ1n) is 7.76. The molecule has 122 valence electrons. The number of anilines is 1. The molecular weight excluding hydrogens is 296 g/mol. The van der Waals surface area contributed by atoms with Crippen LogP contribution in [0.2, 0.25) is 0 Å². The minimum absolute atomic E-state index is 0.185. The van der Waals surface area contributed by atoms with Crippen LogP contribution in [0.15, 0.2) is 45.6 Å². The number of aliphatic hydroxyl groups is 1. The molecule has 1 fully saturated rings. The van der Waals surface area contributed by atoms with Crippen molar-refractivity contribution >= 4 is 5.69 Å². The first-order chi connectivity index (χ1) is 11.2. The molecule has 3 N–H and O–H groups in total. The molecule has 0 spiro atoms. The van der Waals surface area contributed by atoms with E-state index in [9.17, 15) is 9.90 Å². The number of para-hydroxylation sites is 1. The highest BCUT2D eigenvalue weighted by Gasteiger charge is 2.23. The summed E-state index contributed by atoms with van der Waals surface area (Å²) in [7, 11) is 0. The normalized spacial score (nSPS) is 15.8. The Morgan fingerprint density at radius 2 is 1.87 bits per heavy atom. The first-order valence-corrected chi connectivity index (χ1v) is 7.76. The van der Waals surface area contributed by atoms with Crippen molar-refractivity contribution in [1.29, 1.82) is 0 Å². The van der Waals surface area contributed by atoms with Gasteiger partial charge >= 0.3 is 0 Å². The highest BCUT2D eigenvalue weighted by Crippen LogP contribution is 2.14. The van der Waals surface area contributed by atoms with Gasteiger partial charge in [-0.1, -0.05) is 18.2 Å². The molecule has 0 unspecified atom stereocenters. The van der Waals surface area contributed by atoms with Crippen LogP contribution in [-0.4, -0.2) is 36.4 Å². The second kappa shape index (κ2) is 6.85. The van der Waals surface area contributed by atoms with Crippen LogP contribution < -0.4 is 15.2 Å². The molecule has 23 heavy (non-hydrogen) atoms. The van der Waals surface area contributed by atoms with Crippen molar-refractivity contribution in [2.24, 2.45) is 0 Å². The smallest absolute Gasteiger partial charge is 0.227 e. The number of aliphatic hydroxyl groups excluding tert-OH is 1. The molecule has 0 aliphatic carbocycles. The van der Waals surface area contributed by atoms with E-state index in [1.54, 1.807) is 0 Å². The van der Waals surface area contributed by atoms with Gasteiger partial charge in [-0.15, -0.1) is 0 Å². The SMILES string of the molecule is O=c1cc(CO)oc(C[NH+]2CCN(c3ccccc3)CC2)c1O. The third kappa shape index (κ3) is 3.55. The van der Waals surface area contributed by atoms with Gasteiger partial charge in [0.25, 0.3) is 0 Å². The number of aromatic hydroxyl groups is 1. The van der Waals surface area contributed by atoms with E-state index in [2.05, 4.69) is 17.0 Å². The molecule has 6 heteroatoms. The van der Waals surface area contributed by atoms with Crippen molar-refractivity contribution in [3.63, 3.8) is 0 Å². The Morgan fingerprint density at radius 1 is 1.17 bits per heavy atom. The number of quaternary nitrogens is 1. The number of hydrogen-bond acceptors (Lipinski definition) is 5. The maximum atomic E-state index is 11.7. The standard InChI is InChI=1S/C17H20N2O4/c20-12-14-10-15(21)17(22)16(23-14)11-18-6-8-19(9-7-18)13-4-2-1-3-5-13/h1-5,10,20,22H,6-9,11-12H2/p+1. The van der Waals surface area contributed by atoms with Gasteiger partial charge < -0.3 is 24.4 Å². The van der Waals surface area contributed by atoms with Crippen molar-refractivity contribution < 1.29 is 19.5 Å². The van der Waals surface area contributed by atoms with Gasteiger partial charge in [0.15, 0.2) is 0 Å². The average molecular weight is 317 g/mol. The van der Waals surface area contributed by atoms with Gasteiger partial charge in [0.05, 0.1) is 26.2 Å². The Labute approximate surface area is 134 Å². The first kappa shape index (κ1) is 15.6. The van der Waals surface area contributed by atoms with Gasteiger partial charge in [0.2, 0.25) is 16.9 Å². The van der Waals surface area contributed by atoms with Crippen LogP contribution in [0, 0.1) is 0 Å². The number of piperazine rings is 1. The van der Waals surface area contributed by atoms with E-state index in [0.717, 1.165) is 32.2 Å². The summed E-state index contributed by atoms with van der Waals surface area (Å²) in [6.07, 6.45) is 0. The monoisotopic (exact) mass is 317 g/mol. The predicted octanol–water partition coefficient (Wildman–Crippen LogP) is -0.257. The molecule has 1 aliphatic rings. The molecule has 2 heterocycles. The lowest BCUT2D eigenvalue weighted by atomic mass is 10.2. The van der Waals surface area contributed by atoms with Crippen molar-refractivity contribution in [3.8, 4) is 5.75 Å². The van der Waals surface area contributed by atoms with E-state index in [1.807, 2.05) is 18.2 Å². The summed E-state index contributed by atoms with van der Waals surface area (Å²) < 4.78 is 5.42. The van der Waals surface area contributed by atoms with E-state index in [0.29, 0.717) is 6.54 Å². The summed E-state index contributed by atoms with van der Waals surface area (Å²) in [4.78, 5) is 15.2. The third-order valence-corrected chi connectivity index (χ3v) is 4.20. The van der Waals surface area contributed by atoms with Gasteiger partial charge in [-0.25, -0.2) is 0 Å². The number of nitrogens with zero attached hydrogens (tertiary/aromatic N) is 1. The molecule has 3 rings (SSSR count).